The van der Waals surface area contributed by atoms with Crippen molar-refractivity contribution >= 4 is 11.7 Å². The van der Waals surface area contributed by atoms with Gasteiger partial charge in [-0.05, 0) is 79.1 Å². The van der Waals surface area contributed by atoms with Gasteiger partial charge in [-0.1, -0.05) is 18.2 Å². The second-order valence-electron chi connectivity index (χ2n) is 7.26. The number of alkyl halides is 3. The number of halogens is 3. The lowest BCUT2D eigenvalue weighted by Gasteiger charge is -2.35. The molecule has 0 aliphatic rings. The van der Waals surface area contributed by atoms with Crippen molar-refractivity contribution in [3.05, 3.63) is 83.4 Å². The summed E-state index contributed by atoms with van der Waals surface area (Å²) in [5.74, 6) is -0.688. The van der Waals surface area contributed by atoms with Crippen molar-refractivity contribution in [3.63, 3.8) is 0 Å². The number of rotatable bonds is 6. The fraction of sp³-hybridized carbons (Fsp3) is 0.208. The van der Waals surface area contributed by atoms with Crippen LogP contribution in [0.1, 0.15) is 16.7 Å². The van der Waals surface area contributed by atoms with E-state index in [-0.39, 0.29) is 22.6 Å². The summed E-state index contributed by atoms with van der Waals surface area (Å²) >= 11 is 0. The Bertz CT molecular complexity index is 1080. The van der Waals surface area contributed by atoms with E-state index >= 15 is 0 Å². The van der Waals surface area contributed by atoms with E-state index in [1.54, 1.807) is 24.3 Å². The highest BCUT2D eigenvalue weighted by Crippen LogP contribution is 2.44. The van der Waals surface area contributed by atoms with Crippen LogP contribution in [-0.2, 0) is 15.1 Å². The van der Waals surface area contributed by atoms with E-state index < -0.39 is 23.2 Å². The Labute approximate surface area is 183 Å². The number of carbonyl (C=O) groups excluding carboxylic acids is 1. The highest BCUT2D eigenvalue weighted by molar-refractivity contribution is 5.88. The van der Waals surface area contributed by atoms with Gasteiger partial charge in [0.15, 0.2) is 0 Å². The SMILES string of the molecule is COC(=O)[C@](Nc1ccc(Oc2ccccc2)cc1)(c1cc(C)c(O)c(C)c1)C(F)(F)F. The molecule has 0 amide bonds. The van der Waals surface area contributed by atoms with Gasteiger partial charge in [-0.15, -0.1) is 0 Å². The number of aryl methyl sites for hydroxylation is 2. The van der Waals surface area contributed by atoms with Gasteiger partial charge in [0.1, 0.15) is 17.2 Å². The van der Waals surface area contributed by atoms with Gasteiger partial charge in [0.05, 0.1) is 7.11 Å². The quantitative estimate of drug-likeness (QED) is 0.467. The molecule has 3 aromatic carbocycles. The number of phenols is 1. The van der Waals surface area contributed by atoms with Crippen molar-refractivity contribution in [2.45, 2.75) is 25.6 Å². The fourth-order valence-corrected chi connectivity index (χ4v) is 3.36. The number of ether oxygens (including phenoxy) is 2. The number of esters is 1. The smallest absolute Gasteiger partial charge is 0.426 e. The molecule has 3 rings (SSSR count). The first-order valence-corrected chi connectivity index (χ1v) is 9.65. The maximum Gasteiger partial charge on any atom is 0.426 e. The van der Waals surface area contributed by atoms with Crippen LogP contribution in [0, 0.1) is 13.8 Å². The number of carbonyl (C=O) groups is 1. The van der Waals surface area contributed by atoms with Crippen LogP contribution in [0.4, 0.5) is 18.9 Å². The molecule has 0 fully saturated rings. The molecule has 0 aromatic heterocycles. The van der Waals surface area contributed by atoms with Crippen molar-refractivity contribution in [1.82, 2.24) is 0 Å². The summed E-state index contributed by atoms with van der Waals surface area (Å²) in [4.78, 5) is 12.6. The first kappa shape index (κ1) is 23.0. The number of phenolic OH excluding ortho intramolecular Hbond substituents is 1. The van der Waals surface area contributed by atoms with Crippen LogP contribution in [0.15, 0.2) is 66.7 Å². The molecule has 0 radical (unpaired) electrons. The normalized spacial score (nSPS) is 13.2. The molecule has 1 atom stereocenters. The molecule has 0 heterocycles. The molecule has 168 valence electrons. The fourth-order valence-electron chi connectivity index (χ4n) is 3.36. The number of aromatic hydroxyl groups is 1. The van der Waals surface area contributed by atoms with E-state index in [2.05, 4.69) is 10.1 Å². The van der Waals surface area contributed by atoms with Crippen molar-refractivity contribution in [3.8, 4) is 17.2 Å². The number of hydrogen-bond donors (Lipinski definition) is 2. The zero-order valence-electron chi connectivity index (χ0n) is 17.7. The molecule has 0 saturated carbocycles. The van der Waals surface area contributed by atoms with Crippen LogP contribution in [0.5, 0.6) is 17.2 Å². The second-order valence-corrected chi connectivity index (χ2v) is 7.26. The van der Waals surface area contributed by atoms with Gasteiger partial charge < -0.3 is 19.9 Å². The van der Waals surface area contributed by atoms with Gasteiger partial charge in [0, 0.05) is 5.69 Å². The summed E-state index contributed by atoms with van der Waals surface area (Å²) in [6, 6.07) is 16.9. The lowest BCUT2D eigenvalue weighted by atomic mass is 9.86. The highest BCUT2D eigenvalue weighted by Gasteiger charge is 2.63. The number of benzene rings is 3. The van der Waals surface area contributed by atoms with Crippen LogP contribution in [0.3, 0.4) is 0 Å². The van der Waals surface area contributed by atoms with Crippen molar-refractivity contribution in [2.24, 2.45) is 0 Å². The summed E-state index contributed by atoms with van der Waals surface area (Å²) in [6.07, 6.45) is -5.06. The summed E-state index contributed by atoms with van der Waals surface area (Å²) in [7, 11) is 0.890. The summed E-state index contributed by atoms with van der Waals surface area (Å²) < 4.78 is 53.6. The zero-order chi connectivity index (χ0) is 23.5. The maximum absolute atomic E-state index is 14.5. The van der Waals surface area contributed by atoms with E-state index in [9.17, 15) is 23.1 Å². The standard InChI is InChI=1S/C24H22F3NO4/c1-15-13-17(14-16(2)21(15)29)23(22(30)31-3,24(25,26)27)28-18-9-11-20(12-10-18)32-19-7-5-4-6-8-19/h4-14,28-29H,1-3H3/t23-/m1/s1. The highest BCUT2D eigenvalue weighted by atomic mass is 19.4. The Morgan fingerprint density at radius 1 is 0.906 bits per heavy atom. The Morgan fingerprint density at radius 3 is 1.94 bits per heavy atom. The van der Waals surface area contributed by atoms with Crippen molar-refractivity contribution in [2.75, 3.05) is 12.4 Å². The van der Waals surface area contributed by atoms with Crippen LogP contribution in [-0.4, -0.2) is 24.4 Å². The average Bonchev–Trinajstić information content (AvgIpc) is 2.76. The van der Waals surface area contributed by atoms with Crippen molar-refractivity contribution < 1.29 is 32.5 Å². The topological polar surface area (TPSA) is 67.8 Å². The number of hydrogen-bond acceptors (Lipinski definition) is 5. The third-order valence-corrected chi connectivity index (χ3v) is 5.01. The molecular weight excluding hydrogens is 423 g/mol. The van der Waals surface area contributed by atoms with Gasteiger partial charge in [0.25, 0.3) is 5.54 Å². The minimum atomic E-state index is -5.06. The average molecular weight is 445 g/mol. The predicted octanol–water partition coefficient (Wildman–Crippen LogP) is 5.84. The lowest BCUT2D eigenvalue weighted by molar-refractivity contribution is -0.201. The van der Waals surface area contributed by atoms with Crippen LogP contribution in [0.2, 0.25) is 0 Å². The Balaban J connectivity index is 2.04. The zero-order valence-corrected chi connectivity index (χ0v) is 17.7. The molecule has 0 aliphatic carbocycles. The van der Waals surface area contributed by atoms with Gasteiger partial charge in [-0.3, -0.25) is 0 Å². The largest absolute Gasteiger partial charge is 0.507 e. The Morgan fingerprint density at radius 2 is 1.44 bits per heavy atom. The van der Waals surface area contributed by atoms with Crippen LogP contribution >= 0.6 is 0 Å². The molecule has 0 spiro atoms. The summed E-state index contributed by atoms with van der Waals surface area (Å²) in [6.45, 7) is 2.92. The number of nitrogens with one attached hydrogen (secondary N) is 1. The first-order valence-electron chi connectivity index (χ1n) is 9.65. The van der Waals surface area contributed by atoms with Gasteiger partial charge >= 0.3 is 12.1 Å². The Kier molecular flexibility index (Phi) is 6.34. The van der Waals surface area contributed by atoms with Crippen LogP contribution in [0.25, 0.3) is 0 Å². The molecule has 0 unspecified atom stereocenters. The predicted molar refractivity (Wildman–Crippen MR) is 114 cm³/mol. The minimum Gasteiger partial charge on any atom is -0.507 e. The van der Waals surface area contributed by atoms with E-state index in [1.165, 1.54) is 38.1 Å². The monoisotopic (exact) mass is 445 g/mol. The molecule has 5 nitrogen and oxygen atoms in total. The van der Waals surface area contributed by atoms with Gasteiger partial charge in [-0.2, -0.15) is 13.2 Å². The van der Waals surface area contributed by atoms with E-state index in [0.717, 1.165) is 19.2 Å². The molecule has 2 N–H and O–H groups in total. The lowest BCUT2D eigenvalue weighted by Crippen LogP contribution is -2.55. The minimum absolute atomic E-state index is 0.0246. The molecular formula is C24H22F3NO4. The van der Waals surface area contributed by atoms with E-state index in [1.807, 2.05) is 6.07 Å². The number of methoxy groups -OCH3 is 1. The third-order valence-electron chi connectivity index (χ3n) is 5.01. The molecule has 0 saturated heterocycles. The van der Waals surface area contributed by atoms with Crippen LogP contribution < -0.4 is 10.1 Å². The molecule has 8 heteroatoms. The van der Waals surface area contributed by atoms with E-state index in [4.69, 9.17) is 4.74 Å². The molecule has 0 bridgehead atoms. The summed E-state index contributed by atoms with van der Waals surface area (Å²) in [5, 5.41) is 12.3. The first-order chi connectivity index (χ1) is 15.1. The second kappa shape index (κ2) is 8.82. The maximum atomic E-state index is 14.5. The Hall–Kier alpha value is -3.68. The molecule has 0 aliphatic heterocycles. The van der Waals surface area contributed by atoms with E-state index in [0.29, 0.717) is 11.5 Å². The molecule has 3 aromatic rings. The summed E-state index contributed by atoms with van der Waals surface area (Å²) in [5.41, 5.74) is -3.16. The van der Waals surface area contributed by atoms with Gasteiger partial charge in [0.2, 0.25) is 0 Å². The number of para-hydroxylation sites is 1. The van der Waals surface area contributed by atoms with Crippen molar-refractivity contribution in [1.29, 1.82) is 0 Å². The number of anilines is 1. The molecule has 32 heavy (non-hydrogen) atoms. The van der Waals surface area contributed by atoms with Gasteiger partial charge in [-0.25, -0.2) is 4.79 Å². The third kappa shape index (κ3) is 4.34.